The van der Waals surface area contributed by atoms with E-state index in [0.717, 1.165) is 15.8 Å². The van der Waals surface area contributed by atoms with Crippen LogP contribution in [0.2, 0.25) is 0 Å². The molecule has 0 radical (unpaired) electrons. The van der Waals surface area contributed by atoms with Crippen LogP contribution in [0.15, 0.2) is 59.2 Å². The molecule has 31 heavy (non-hydrogen) atoms. The van der Waals surface area contributed by atoms with E-state index in [2.05, 4.69) is 26.3 Å². The first-order valence-corrected chi connectivity index (χ1v) is 10.7. The minimum atomic E-state index is -0.572. The molecule has 0 unspecified atom stereocenters. The van der Waals surface area contributed by atoms with Gasteiger partial charge in [0, 0.05) is 18.3 Å². The molecular weight excluding hydrogens is 462 g/mol. The summed E-state index contributed by atoms with van der Waals surface area (Å²) in [5.74, 6) is -0.164. The molecule has 0 aliphatic rings. The summed E-state index contributed by atoms with van der Waals surface area (Å²) in [6, 6.07) is 14.7. The summed E-state index contributed by atoms with van der Waals surface area (Å²) in [6.07, 6.45) is 1.34. The highest BCUT2D eigenvalue weighted by Crippen LogP contribution is 2.25. The summed E-state index contributed by atoms with van der Waals surface area (Å²) in [7, 11) is 0. The maximum absolute atomic E-state index is 12.7. The van der Waals surface area contributed by atoms with E-state index < -0.39 is 5.97 Å². The van der Waals surface area contributed by atoms with Crippen molar-refractivity contribution in [3.8, 4) is 5.75 Å². The molecule has 3 aromatic rings. The van der Waals surface area contributed by atoms with Gasteiger partial charge in [0.05, 0.1) is 16.3 Å². The molecular formula is C23H24BrN3O4. The number of anilines is 1. The van der Waals surface area contributed by atoms with Gasteiger partial charge in [-0.3, -0.25) is 9.48 Å². The van der Waals surface area contributed by atoms with Crippen LogP contribution in [0.25, 0.3) is 0 Å². The van der Waals surface area contributed by atoms with Gasteiger partial charge in [-0.15, -0.1) is 0 Å². The molecule has 7 nitrogen and oxygen atoms in total. The predicted molar refractivity (Wildman–Crippen MR) is 121 cm³/mol. The molecule has 3 rings (SSSR count). The molecule has 1 heterocycles. The molecule has 8 heteroatoms. The lowest BCUT2D eigenvalue weighted by molar-refractivity contribution is 0.0371. The first-order chi connectivity index (χ1) is 14.9. The van der Waals surface area contributed by atoms with Gasteiger partial charge in [-0.1, -0.05) is 24.3 Å². The molecule has 0 atom stereocenters. The van der Waals surface area contributed by atoms with E-state index in [1.165, 1.54) is 0 Å². The van der Waals surface area contributed by atoms with E-state index in [1.807, 2.05) is 43.3 Å². The Balaban J connectivity index is 1.67. The molecule has 0 fully saturated rings. The monoisotopic (exact) mass is 485 g/mol. The van der Waals surface area contributed by atoms with Gasteiger partial charge < -0.3 is 14.8 Å². The number of benzene rings is 2. The van der Waals surface area contributed by atoms with Crippen LogP contribution in [0, 0.1) is 0 Å². The molecule has 0 bridgehead atoms. The third-order valence-corrected chi connectivity index (χ3v) is 4.97. The normalized spacial score (nSPS) is 10.7. The number of para-hydroxylation sites is 1. The van der Waals surface area contributed by atoms with Crippen molar-refractivity contribution < 1.29 is 19.1 Å². The van der Waals surface area contributed by atoms with Gasteiger partial charge in [-0.25, -0.2) is 4.79 Å². The van der Waals surface area contributed by atoms with Gasteiger partial charge in [0.25, 0.3) is 5.91 Å². The van der Waals surface area contributed by atoms with Crippen molar-refractivity contribution >= 4 is 33.5 Å². The number of nitrogens with one attached hydrogen (secondary N) is 1. The number of nitrogens with zero attached hydrogens (tertiary/aromatic N) is 2. The number of halogens is 1. The molecule has 0 spiro atoms. The quantitative estimate of drug-likeness (QED) is 0.450. The lowest BCUT2D eigenvalue weighted by atomic mass is 10.1. The zero-order chi connectivity index (χ0) is 22.4. The second-order valence-corrected chi connectivity index (χ2v) is 7.93. The lowest BCUT2D eigenvalue weighted by Gasteiger charge is -2.09. The number of esters is 1. The number of hydrogen-bond acceptors (Lipinski definition) is 5. The summed E-state index contributed by atoms with van der Waals surface area (Å²) >= 11 is 3.45. The SMILES string of the molecule is CCn1cc(NC(=O)c2ccc(COc3ccccc3Br)cc2)c(C(=O)OC(C)C)n1. The first kappa shape index (κ1) is 22.6. The third kappa shape index (κ3) is 5.95. The van der Waals surface area contributed by atoms with Crippen molar-refractivity contribution in [2.24, 2.45) is 0 Å². The van der Waals surface area contributed by atoms with E-state index in [1.54, 1.807) is 36.9 Å². The first-order valence-electron chi connectivity index (χ1n) is 9.93. The molecule has 0 saturated heterocycles. The number of carbonyl (C=O) groups excluding carboxylic acids is 2. The number of amides is 1. The minimum absolute atomic E-state index is 0.0855. The molecule has 2 aromatic carbocycles. The van der Waals surface area contributed by atoms with Crippen LogP contribution in [0.4, 0.5) is 5.69 Å². The lowest BCUT2D eigenvalue weighted by Crippen LogP contribution is -2.17. The fourth-order valence-electron chi connectivity index (χ4n) is 2.77. The maximum Gasteiger partial charge on any atom is 0.361 e. The largest absolute Gasteiger partial charge is 0.488 e. The average Bonchev–Trinajstić information content (AvgIpc) is 3.16. The summed E-state index contributed by atoms with van der Waals surface area (Å²) in [4.78, 5) is 25.0. The Bertz CT molecular complexity index is 1060. The number of carbonyl (C=O) groups is 2. The van der Waals surface area contributed by atoms with E-state index in [9.17, 15) is 9.59 Å². The molecule has 1 aromatic heterocycles. The second kappa shape index (κ2) is 10.3. The molecule has 162 valence electrons. The van der Waals surface area contributed by atoms with Crippen LogP contribution in [0.5, 0.6) is 5.75 Å². The van der Waals surface area contributed by atoms with Gasteiger partial charge in [0.15, 0.2) is 5.69 Å². The second-order valence-electron chi connectivity index (χ2n) is 7.07. The topological polar surface area (TPSA) is 82.5 Å². The summed E-state index contributed by atoms with van der Waals surface area (Å²) in [5.41, 5.74) is 1.78. The Hall–Kier alpha value is -3.13. The van der Waals surface area contributed by atoms with Crippen molar-refractivity contribution in [1.29, 1.82) is 0 Å². The Kier molecular flexibility index (Phi) is 7.46. The Morgan fingerprint density at radius 2 is 1.84 bits per heavy atom. The smallest absolute Gasteiger partial charge is 0.361 e. The summed E-state index contributed by atoms with van der Waals surface area (Å²) in [6.45, 7) is 6.34. The molecule has 1 N–H and O–H groups in total. The number of hydrogen-bond donors (Lipinski definition) is 1. The van der Waals surface area contributed by atoms with Crippen LogP contribution in [-0.2, 0) is 17.9 Å². The Morgan fingerprint density at radius 3 is 2.48 bits per heavy atom. The van der Waals surface area contributed by atoms with E-state index in [0.29, 0.717) is 24.4 Å². The van der Waals surface area contributed by atoms with Crippen molar-refractivity contribution in [1.82, 2.24) is 9.78 Å². The third-order valence-electron chi connectivity index (χ3n) is 4.32. The molecule has 0 aliphatic heterocycles. The van der Waals surface area contributed by atoms with Gasteiger partial charge in [-0.2, -0.15) is 5.10 Å². The standard InChI is InChI=1S/C23H24BrN3O4/c1-4-27-13-19(21(26-27)23(29)31-15(2)3)25-22(28)17-11-9-16(10-12-17)14-30-20-8-6-5-7-18(20)24/h5-13,15H,4,14H2,1-3H3,(H,25,28). The van der Waals surface area contributed by atoms with Crippen molar-refractivity contribution in [2.75, 3.05) is 5.32 Å². The van der Waals surface area contributed by atoms with Crippen LogP contribution in [0.1, 0.15) is 47.2 Å². The molecule has 0 aliphatic carbocycles. The Morgan fingerprint density at radius 1 is 1.13 bits per heavy atom. The van der Waals surface area contributed by atoms with E-state index in [4.69, 9.17) is 9.47 Å². The van der Waals surface area contributed by atoms with Crippen LogP contribution < -0.4 is 10.1 Å². The minimum Gasteiger partial charge on any atom is -0.488 e. The number of aryl methyl sites for hydroxylation is 1. The molecule has 1 amide bonds. The van der Waals surface area contributed by atoms with Crippen molar-refractivity contribution in [2.45, 2.75) is 40.0 Å². The van der Waals surface area contributed by atoms with Gasteiger partial charge >= 0.3 is 5.97 Å². The Labute approximate surface area is 189 Å². The predicted octanol–water partition coefficient (Wildman–Crippen LogP) is 5.06. The van der Waals surface area contributed by atoms with E-state index in [-0.39, 0.29) is 17.7 Å². The summed E-state index contributed by atoms with van der Waals surface area (Å²) < 4.78 is 13.5. The number of ether oxygens (including phenoxy) is 2. The van der Waals surface area contributed by atoms with Crippen molar-refractivity contribution in [3.05, 3.63) is 76.0 Å². The van der Waals surface area contributed by atoms with Gasteiger partial charge in [-0.05, 0) is 66.5 Å². The fraction of sp³-hybridized carbons (Fsp3) is 0.261. The zero-order valence-corrected chi connectivity index (χ0v) is 19.2. The number of aromatic nitrogens is 2. The highest BCUT2D eigenvalue weighted by molar-refractivity contribution is 9.10. The maximum atomic E-state index is 12.7. The van der Waals surface area contributed by atoms with Crippen LogP contribution in [-0.4, -0.2) is 27.8 Å². The van der Waals surface area contributed by atoms with Gasteiger partial charge in [0.1, 0.15) is 12.4 Å². The molecule has 0 saturated carbocycles. The summed E-state index contributed by atoms with van der Waals surface area (Å²) in [5, 5.41) is 6.97. The zero-order valence-electron chi connectivity index (χ0n) is 17.6. The highest BCUT2D eigenvalue weighted by atomic mass is 79.9. The number of rotatable bonds is 8. The van der Waals surface area contributed by atoms with Crippen LogP contribution in [0.3, 0.4) is 0 Å². The van der Waals surface area contributed by atoms with Crippen molar-refractivity contribution in [3.63, 3.8) is 0 Å². The van der Waals surface area contributed by atoms with Gasteiger partial charge in [0.2, 0.25) is 0 Å². The fourth-order valence-corrected chi connectivity index (χ4v) is 3.16. The van der Waals surface area contributed by atoms with E-state index >= 15 is 0 Å². The van der Waals surface area contributed by atoms with Crippen LogP contribution >= 0.6 is 15.9 Å². The highest BCUT2D eigenvalue weighted by Gasteiger charge is 2.21. The average molecular weight is 486 g/mol.